The second-order valence-electron chi connectivity index (χ2n) is 9.14. The Labute approximate surface area is 195 Å². The molecule has 0 radical (unpaired) electrons. The summed E-state index contributed by atoms with van der Waals surface area (Å²) in [4.78, 5) is 20.6. The minimum atomic E-state index is 0.0746. The highest BCUT2D eigenvalue weighted by atomic mass is 16.1. The SMILES string of the molecule is CCCN1CCC(c2cc(-c3ccncc3)c(-c3ccc4ccccc4c3)c(=O)n2C)CC1. The van der Waals surface area contributed by atoms with Crippen LogP contribution in [0, 0.1) is 0 Å². The van der Waals surface area contributed by atoms with E-state index in [9.17, 15) is 4.79 Å². The maximum atomic E-state index is 13.9. The molecule has 4 heteroatoms. The number of likely N-dealkylation sites (tertiary alicyclic amines) is 1. The van der Waals surface area contributed by atoms with E-state index >= 15 is 0 Å². The van der Waals surface area contributed by atoms with Crippen LogP contribution in [0.4, 0.5) is 0 Å². The Hall–Kier alpha value is -3.24. The lowest BCUT2D eigenvalue weighted by molar-refractivity contribution is 0.210. The van der Waals surface area contributed by atoms with Crippen LogP contribution in [-0.4, -0.2) is 34.1 Å². The molecule has 5 rings (SSSR count). The zero-order valence-electron chi connectivity index (χ0n) is 19.5. The van der Waals surface area contributed by atoms with Gasteiger partial charge in [0.25, 0.3) is 5.56 Å². The molecule has 0 aliphatic carbocycles. The summed E-state index contributed by atoms with van der Waals surface area (Å²) in [5.74, 6) is 0.405. The summed E-state index contributed by atoms with van der Waals surface area (Å²) >= 11 is 0. The molecule has 168 valence electrons. The van der Waals surface area contributed by atoms with E-state index in [4.69, 9.17) is 0 Å². The first-order chi connectivity index (χ1) is 16.2. The molecule has 4 nitrogen and oxygen atoms in total. The van der Waals surface area contributed by atoms with Crippen LogP contribution >= 0.6 is 0 Å². The molecular weight excluding hydrogens is 406 g/mol. The Morgan fingerprint density at radius 3 is 2.36 bits per heavy atom. The standard InChI is InChI=1S/C29H31N3O/c1-3-16-32-17-12-23(13-18-32)27-20-26(22-10-14-30-15-11-22)28(29(33)31(27)2)25-9-8-21-6-4-5-7-24(21)19-25/h4-11,14-15,19-20,23H,3,12-13,16-18H2,1-2H3. The Morgan fingerprint density at radius 2 is 1.64 bits per heavy atom. The molecule has 1 aliphatic heterocycles. The van der Waals surface area contributed by atoms with Gasteiger partial charge in [-0.25, -0.2) is 0 Å². The third-order valence-corrected chi connectivity index (χ3v) is 7.04. The molecule has 2 aromatic heterocycles. The van der Waals surface area contributed by atoms with Crippen molar-refractivity contribution >= 4 is 10.8 Å². The Bertz CT molecular complexity index is 1320. The minimum Gasteiger partial charge on any atom is -0.315 e. The zero-order chi connectivity index (χ0) is 22.8. The molecule has 1 aliphatic rings. The Balaban J connectivity index is 1.65. The van der Waals surface area contributed by atoms with Gasteiger partial charge in [0.05, 0.1) is 5.56 Å². The third kappa shape index (κ3) is 4.23. The van der Waals surface area contributed by atoms with Gasteiger partial charge in [0.1, 0.15) is 0 Å². The first-order valence-corrected chi connectivity index (χ1v) is 12.0. The summed E-state index contributed by atoms with van der Waals surface area (Å²) in [7, 11) is 1.94. The number of aromatic nitrogens is 2. The predicted molar refractivity (Wildman–Crippen MR) is 137 cm³/mol. The Morgan fingerprint density at radius 1 is 0.909 bits per heavy atom. The van der Waals surface area contributed by atoms with Crippen molar-refractivity contribution in [2.75, 3.05) is 19.6 Å². The van der Waals surface area contributed by atoms with Gasteiger partial charge >= 0.3 is 0 Å². The summed E-state index contributed by atoms with van der Waals surface area (Å²) in [6, 6.07) is 20.9. The quantitative estimate of drug-likeness (QED) is 0.393. The third-order valence-electron chi connectivity index (χ3n) is 7.04. The van der Waals surface area contributed by atoms with Crippen LogP contribution in [0.5, 0.6) is 0 Å². The van der Waals surface area contributed by atoms with Crippen molar-refractivity contribution in [3.05, 3.63) is 89.1 Å². The van der Waals surface area contributed by atoms with Gasteiger partial charge in [0.15, 0.2) is 0 Å². The second-order valence-corrected chi connectivity index (χ2v) is 9.14. The highest BCUT2D eigenvalue weighted by Gasteiger charge is 2.25. The number of nitrogens with zero attached hydrogens (tertiary/aromatic N) is 3. The van der Waals surface area contributed by atoms with Gasteiger partial charge < -0.3 is 9.47 Å². The number of hydrogen-bond acceptors (Lipinski definition) is 3. The predicted octanol–water partition coefficient (Wildman–Crippen LogP) is 5.86. The molecule has 0 saturated carbocycles. The summed E-state index contributed by atoms with van der Waals surface area (Å²) in [6.45, 7) is 5.60. The summed E-state index contributed by atoms with van der Waals surface area (Å²) in [5.41, 5.74) is 4.99. The molecule has 4 aromatic rings. The van der Waals surface area contributed by atoms with E-state index in [2.05, 4.69) is 53.2 Å². The zero-order valence-corrected chi connectivity index (χ0v) is 19.5. The van der Waals surface area contributed by atoms with Crippen molar-refractivity contribution in [3.63, 3.8) is 0 Å². The number of piperidine rings is 1. The summed E-state index contributed by atoms with van der Waals surface area (Å²) in [6.07, 6.45) is 6.99. The molecule has 0 bridgehead atoms. The lowest BCUT2D eigenvalue weighted by Gasteiger charge is -2.33. The number of hydrogen-bond donors (Lipinski definition) is 0. The second kappa shape index (κ2) is 9.32. The van der Waals surface area contributed by atoms with E-state index in [1.807, 2.05) is 35.9 Å². The van der Waals surface area contributed by atoms with Crippen molar-refractivity contribution in [1.29, 1.82) is 0 Å². The van der Waals surface area contributed by atoms with Crippen LogP contribution in [-0.2, 0) is 7.05 Å². The highest BCUT2D eigenvalue weighted by molar-refractivity contribution is 5.91. The van der Waals surface area contributed by atoms with E-state index in [1.54, 1.807) is 12.4 Å². The minimum absolute atomic E-state index is 0.0746. The molecular formula is C29H31N3O. The van der Waals surface area contributed by atoms with E-state index in [0.717, 1.165) is 65.8 Å². The maximum absolute atomic E-state index is 13.9. The van der Waals surface area contributed by atoms with Crippen molar-refractivity contribution in [2.45, 2.75) is 32.1 Å². The van der Waals surface area contributed by atoms with E-state index in [0.29, 0.717) is 5.92 Å². The van der Waals surface area contributed by atoms with E-state index in [-0.39, 0.29) is 5.56 Å². The maximum Gasteiger partial charge on any atom is 0.259 e. The topological polar surface area (TPSA) is 38.1 Å². The normalized spacial score (nSPS) is 15.2. The molecule has 1 fully saturated rings. The number of rotatable bonds is 5. The highest BCUT2D eigenvalue weighted by Crippen LogP contribution is 2.35. The van der Waals surface area contributed by atoms with Crippen LogP contribution in [0.15, 0.2) is 77.9 Å². The van der Waals surface area contributed by atoms with Crippen molar-refractivity contribution in [3.8, 4) is 22.3 Å². The van der Waals surface area contributed by atoms with Gasteiger partial charge in [0.2, 0.25) is 0 Å². The average molecular weight is 438 g/mol. The van der Waals surface area contributed by atoms with Crippen LogP contribution in [0.2, 0.25) is 0 Å². The molecule has 33 heavy (non-hydrogen) atoms. The first kappa shape index (κ1) is 21.6. The Kier molecular flexibility index (Phi) is 6.10. The van der Waals surface area contributed by atoms with Gasteiger partial charge in [-0.3, -0.25) is 9.78 Å². The van der Waals surface area contributed by atoms with Gasteiger partial charge in [-0.2, -0.15) is 0 Å². The molecule has 0 atom stereocenters. The molecule has 0 unspecified atom stereocenters. The monoisotopic (exact) mass is 437 g/mol. The van der Waals surface area contributed by atoms with Crippen LogP contribution in [0.1, 0.15) is 37.8 Å². The van der Waals surface area contributed by atoms with Gasteiger partial charge in [0, 0.05) is 31.1 Å². The molecule has 0 spiro atoms. The summed E-state index contributed by atoms with van der Waals surface area (Å²) < 4.78 is 1.90. The lowest BCUT2D eigenvalue weighted by atomic mass is 9.88. The first-order valence-electron chi connectivity index (χ1n) is 12.0. The summed E-state index contributed by atoms with van der Waals surface area (Å²) in [5, 5.41) is 2.32. The van der Waals surface area contributed by atoms with Gasteiger partial charge in [-0.15, -0.1) is 0 Å². The fourth-order valence-corrected chi connectivity index (χ4v) is 5.26. The molecule has 0 amide bonds. The van der Waals surface area contributed by atoms with Gasteiger partial charge in [-0.05, 0) is 90.6 Å². The van der Waals surface area contributed by atoms with Crippen LogP contribution in [0.25, 0.3) is 33.0 Å². The smallest absolute Gasteiger partial charge is 0.259 e. The van der Waals surface area contributed by atoms with Crippen LogP contribution < -0.4 is 5.56 Å². The fourth-order valence-electron chi connectivity index (χ4n) is 5.26. The van der Waals surface area contributed by atoms with Crippen molar-refractivity contribution in [2.24, 2.45) is 7.05 Å². The molecule has 1 saturated heterocycles. The molecule has 0 N–H and O–H groups in total. The van der Waals surface area contributed by atoms with E-state index in [1.165, 1.54) is 11.8 Å². The number of pyridine rings is 2. The fraction of sp³-hybridized carbons (Fsp3) is 0.310. The molecule has 2 aromatic carbocycles. The van der Waals surface area contributed by atoms with E-state index < -0.39 is 0 Å². The van der Waals surface area contributed by atoms with Crippen molar-refractivity contribution < 1.29 is 0 Å². The average Bonchev–Trinajstić information content (AvgIpc) is 2.86. The molecule has 3 heterocycles. The largest absolute Gasteiger partial charge is 0.315 e. The number of fused-ring (bicyclic) bond motifs is 1. The van der Waals surface area contributed by atoms with Gasteiger partial charge in [-0.1, -0.05) is 43.3 Å². The number of benzene rings is 2. The lowest BCUT2D eigenvalue weighted by Crippen LogP contribution is -2.35. The van der Waals surface area contributed by atoms with Crippen molar-refractivity contribution in [1.82, 2.24) is 14.5 Å². The van der Waals surface area contributed by atoms with Crippen LogP contribution in [0.3, 0.4) is 0 Å².